The van der Waals surface area contributed by atoms with Gasteiger partial charge in [0.1, 0.15) is 6.04 Å². The van der Waals surface area contributed by atoms with E-state index in [0.717, 1.165) is 18.4 Å². The van der Waals surface area contributed by atoms with E-state index in [-0.39, 0.29) is 12.5 Å². The maximum absolute atomic E-state index is 11.7. The van der Waals surface area contributed by atoms with Crippen molar-refractivity contribution in [1.82, 2.24) is 10.6 Å². The Morgan fingerprint density at radius 2 is 2.14 bits per heavy atom. The lowest BCUT2D eigenvalue weighted by molar-refractivity contribution is -0.122. The third kappa shape index (κ3) is 5.19. The van der Waals surface area contributed by atoms with Crippen LogP contribution in [0.3, 0.4) is 0 Å². The first kappa shape index (κ1) is 14.9. The lowest BCUT2D eigenvalue weighted by atomic mass is 10.1. The summed E-state index contributed by atoms with van der Waals surface area (Å²) < 4.78 is 4.95. The molecule has 1 aromatic rings. The molecule has 2 amide bonds. The number of carbonyl (C=O) groups is 2. The van der Waals surface area contributed by atoms with Crippen molar-refractivity contribution in [2.45, 2.75) is 25.3 Å². The molecule has 0 aromatic heterocycles. The van der Waals surface area contributed by atoms with Gasteiger partial charge in [0.15, 0.2) is 6.61 Å². The lowest BCUT2D eigenvalue weighted by Crippen LogP contribution is -2.45. The number of nitrogens with one attached hydrogen (secondary N) is 2. The molecule has 0 saturated carbocycles. The molecule has 2 rings (SSSR count). The normalized spacial score (nSPS) is 17.7. The van der Waals surface area contributed by atoms with Gasteiger partial charge in [-0.1, -0.05) is 30.0 Å². The molecule has 1 aliphatic rings. The molecule has 0 spiro atoms. The van der Waals surface area contributed by atoms with Gasteiger partial charge in [-0.05, 0) is 31.4 Å². The van der Waals surface area contributed by atoms with Crippen molar-refractivity contribution < 1.29 is 14.3 Å². The zero-order valence-electron chi connectivity index (χ0n) is 11.7. The van der Waals surface area contributed by atoms with E-state index in [2.05, 4.69) is 22.5 Å². The number of carbonyl (C=O) groups excluding carboxylic acids is 2. The Hall–Kier alpha value is -2.48. The molecule has 1 aliphatic heterocycles. The van der Waals surface area contributed by atoms with E-state index in [1.807, 2.05) is 30.3 Å². The van der Waals surface area contributed by atoms with Gasteiger partial charge in [-0.3, -0.25) is 4.79 Å². The average Bonchev–Trinajstić information content (AvgIpc) is 2.70. The topological polar surface area (TPSA) is 67.4 Å². The van der Waals surface area contributed by atoms with Gasteiger partial charge in [0.25, 0.3) is 0 Å². The van der Waals surface area contributed by atoms with Gasteiger partial charge in [0, 0.05) is 12.1 Å². The number of benzene rings is 1. The summed E-state index contributed by atoms with van der Waals surface area (Å²) >= 11 is 0. The van der Waals surface area contributed by atoms with Gasteiger partial charge in [-0.2, -0.15) is 0 Å². The molecule has 1 atom stereocenters. The van der Waals surface area contributed by atoms with Gasteiger partial charge < -0.3 is 15.4 Å². The second-order valence-electron chi connectivity index (χ2n) is 4.73. The predicted molar refractivity (Wildman–Crippen MR) is 78.5 cm³/mol. The fourth-order valence-electron chi connectivity index (χ4n) is 2.02. The molecule has 2 N–H and O–H groups in total. The molecule has 21 heavy (non-hydrogen) atoms. The molecule has 1 heterocycles. The largest absolute Gasteiger partial charge is 0.436 e. The first-order chi connectivity index (χ1) is 10.3. The highest BCUT2D eigenvalue weighted by Crippen LogP contribution is 2.05. The van der Waals surface area contributed by atoms with Gasteiger partial charge in [0.2, 0.25) is 5.91 Å². The van der Waals surface area contributed by atoms with Crippen LogP contribution in [0.15, 0.2) is 30.3 Å². The SMILES string of the molecule is O=C(NC1CCCCNC1=O)OCC#Cc1ccccc1. The molecule has 0 radical (unpaired) electrons. The second-order valence-corrected chi connectivity index (χ2v) is 4.73. The first-order valence-electron chi connectivity index (χ1n) is 7.00. The van der Waals surface area contributed by atoms with Crippen LogP contribution in [-0.4, -0.2) is 31.2 Å². The van der Waals surface area contributed by atoms with E-state index in [1.54, 1.807) is 0 Å². The summed E-state index contributed by atoms with van der Waals surface area (Å²) in [4.78, 5) is 23.3. The van der Waals surface area contributed by atoms with Crippen molar-refractivity contribution in [2.24, 2.45) is 0 Å². The minimum atomic E-state index is -0.612. The number of hydrogen-bond donors (Lipinski definition) is 2. The lowest BCUT2D eigenvalue weighted by Gasteiger charge is -2.14. The number of hydrogen-bond acceptors (Lipinski definition) is 3. The van der Waals surface area contributed by atoms with Crippen LogP contribution in [0.4, 0.5) is 4.79 Å². The summed E-state index contributed by atoms with van der Waals surface area (Å²) in [7, 11) is 0. The summed E-state index contributed by atoms with van der Waals surface area (Å²) in [6.45, 7) is 0.656. The summed E-state index contributed by atoms with van der Waals surface area (Å²) in [6, 6.07) is 8.94. The van der Waals surface area contributed by atoms with E-state index in [9.17, 15) is 9.59 Å². The smallest absolute Gasteiger partial charge is 0.408 e. The average molecular weight is 286 g/mol. The third-order valence-corrected chi connectivity index (χ3v) is 3.11. The Morgan fingerprint density at radius 1 is 1.33 bits per heavy atom. The van der Waals surface area contributed by atoms with Crippen LogP contribution in [-0.2, 0) is 9.53 Å². The van der Waals surface area contributed by atoms with Gasteiger partial charge in [-0.15, -0.1) is 0 Å². The van der Waals surface area contributed by atoms with Gasteiger partial charge >= 0.3 is 6.09 Å². The summed E-state index contributed by atoms with van der Waals surface area (Å²) in [5.74, 6) is 5.49. The zero-order valence-corrected chi connectivity index (χ0v) is 11.7. The predicted octanol–water partition coefficient (Wildman–Crippen LogP) is 1.43. The quantitative estimate of drug-likeness (QED) is 0.808. The molecule has 110 valence electrons. The highest BCUT2D eigenvalue weighted by molar-refractivity contribution is 5.85. The Labute approximate surface area is 124 Å². The van der Waals surface area contributed by atoms with E-state index >= 15 is 0 Å². The maximum atomic E-state index is 11.7. The maximum Gasteiger partial charge on any atom is 0.408 e. The number of amides is 2. The molecular weight excluding hydrogens is 268 g/mol. The minimum absolute atomic E-state index is 0.00489. The van der Waals surface area contributed by atoms with Gasteiger partial charge in [0.05, 0.1) is 0 Å². The zero-order chi connectivity index (χ0) is 14.9. The molecule has 0 bridgehead atoms. The van der Waals surface area contributed by atoms with Crippen molar-refractivity contribution in [3.05, 3.63) is 35.9 Å². The van der Waals surface area contributed by atoms with Crippen LogP contribution in [0, 0.1) is 11.8 Å². The van der Waals surface area contributed by atoms with Crippen LogP contribution in [0.25, 0.3) is 0 Å². The van der Waals surface area contributed by atoms with Crippen LogP contribution in [0.5, 0.6) is 0 Å². The molecule has 5 nitrogen and oxygen atoms in total. The van der Waals surface area contributed by atoms with Crippen LogP contribution in [0.2, 0.25) is 0 Å². The molecule has 5 heteroatoms. The molecule has 1 aromatic carbocycles. The van der Waals surface area contributed by atoms with Crippen molar-refractivity contribution in [3.8, 4) is 11.8 Å². The standard InChI is InChI=1S/C16H18N2O3/c19-15-14(10-4-5-11-17-15)18-16(20)21-12-6-9-13-7-2-1-3-8-13/h1-3,7-8,14H,4-5,10-12H2,(H,17,19)(H,18,20). The van der Waals surface area contributed by atoms with Gasteiger partial charge in [-0.25, -0.2) is 4.79 Å². The monoisotopic (exact) mass is 286 g/mol. The number of rotatable bonds is 2. The molecular formula is C16H18N2O3. The Morgan fingerprint density at radius 3 is 2.95 bits per heavy atom. The fourth-order valence-corrected chi connectivity index (χ4v) is 2.02. The Bertz CT molecular complexity index is 546. The van der Waals surface area contributed by atoms with E-state index in [1.165, 1.54) is 0 Å². The highest BCUT2D eigenvalue weighted by atomic mass is 16.5. The molecule has 1 saturated heterocycles. The van der Waals surface area contributed by atoms with Crippen molar-refractivity contribution in [3.63, 3.8) is 0 Å². The molecule has 0 aliphatic carbocycles. The first-order valence-corrected chi connectivity index (χ1v) is 7.00. The van der Waals surface area contributed by atoms with E-state index in [0.29, 0.717) is 13.0 Å². The summed E-state index contributed by atoms with van der Waals surface area (Å²) in [5.41, 5.74) is 0.865. The summed E-state index contributed by atoms with van der Waals surface area (Å²) in [6.07, 6.45) is 1.86. The minimum Gasteiger partial charge on any atom is -0.436 e. The van der Waals surface area contributed by atoms with Crippen molar-refractivity contribution in [1.29, 1.82) is 0 Å². The van der Waals surface area contributed by atoms with Crippen LogP contribution >= 0.6 is 0 Å². The van der Waals surface area contributed by atoms with Crippen molar-refractivity contribution in [2.75, 3.05) is 13.2 Å². The van der Waals surface area contributed by atoms with Crippen LogP contribution in [0.1, 0.15) is 24.8 Å². The molecule has 1 fully saturated rings. The highest BCUT2D eigenvalue weighted by Gasteiger charge is 2.22. The Kier molecular flexibility index (Phi) is 5.65. The third-order valence-electron chi connectivity index (χ3n) is 3.11. The van der Waals surface area contributed by atoms with Crippen LogP contribution < -0.4 is 10.6 Å². The fraction of sp³-hybridized carbons (Fsp3) is 0.375. The van der Waals surface area contributed by atoms with Crippen molar-refractivity contribution >= 4 is 12.0 Å². The molecule has 1 unspecified atom stereocenters. The number of alkyl carbamates (subject to hydrolysis) is 1. The second kappa shape index (κ2) is 7.95. The van der Waals surface area contributed by atoms with E-state index < -0.39 is 12.1 Å². The number of ether oxygens (including phenoxy) is 1. The Balaban J connectivity index is 1.75. The summed E-state index contributed by atoms with van der Waals surface area (Å²) in [5, 5.41) is 5.32. The van der Waals surface area contributed by atoms with E-state index in [4.69, 9.17) is 4.74 Å².